The van der Waals surface area contributed by atoms with Crippen LogP contribution in [0.3, 0.4) is 0 Å². The van der Waals surface area contributed by atoms with E-state index in [0.29, 0.717) is 12.2 Å². The Hall–Kier alpha value is -1.40. The van der Waals surface area contributed by atoms with Crippen molar-refractivity contribution in [1.29, 1.82) is 0 Å². The van der Waals surface area contributed by atoms with Gasteiger partial charge < -0.3 is 10.4 Å². The first-order valence-corrected chi connectivity index (χ1v) is 7.66. The molecular formula is C14H21ClN4O2. The normalized spacial score (nSPS) is 19.5. The van der Waals surface area contributed by atoms with E-state index in [-0.39, 0.29) is 17.4 Å². The number of carboxylic acid groups (broad SMARTS) is 1. The lowest BCUT2D eigenvalue weighted by Crippen LogP contribution is -2.42. The molecular weight excluding hydrogens is 292 g/mol. The van der Waals surface area contributed by atoms with Gasteiger partial charge in [0, 0.05) is 18.3 Å². The lowest BCUT2D eigenvalue weighted by Gasteiger charge is -2.31. The van der Waals surface area contributed by atoms with Crippen molar-refractivity contribution in [2.24, 2.45) is 0 Å². The van der Waals surface area contributed by atoms with Crippen LogP contribution in [0.5, 0.6) is 0 Å². The van der Waals surface area contributed by atoms with Crippen LogP contribution in [0.25, 0.3) is 0 Å². The van der Waals surface area contributed by atoms with Crippen LogP contribution in [0, 0.1) is 0 Å². The van der Waals surface area contributed by atoms with Crippen molar-refractivity contribution in [2.75, 3.05) is 13.1 Å². The van der Waals surface area contributed by atoms with E-state index in [1.807, 2.05) is 13.0 Å². The fourth-order valence-electron chi connectivity index (χ4n) is 2.74. The number of carbonyl (C=O) groups is 1. The molecule has 1 aliphatic heterocycles. The van der Waals surface area contributed by atoms with Crippen molar-refractivity contribution >= 4 is 17.7 Å². The molecule has 2 N–H and O–H groups in total. The van der Waals surface area contributed by atoms with Gasteiger partial charge in [-0.25, -0.2) is 14.8 Å². The van der Waals surface area contributed by atoms with Crippen LogP contribution in [0.4, 0.5) is 4.79 Å². The zero-order valence-electron chi connectivity index (χ0n) is 12.3. The second-order valence-electron chi connectivity index (χ2n) is 5.32. The van der Waals surface area contributed by atoms with E-state index in [4.69, 9.17) is 11.6 Å². The maximum Gasteiger partial charge on any atom is 0.408 e. The third-order valence-electron chi connectivity index (χ3n) is 3.77. The zero-order valence-corrected chi connectivity index (χ0v) is 13.1. The largest absolute Gasteiger partial charge is 0.465 e. The van der Waals surface area contributed by atoms with E-state index >= 15 is 0 Å². The Morgan fingerprint density at radius 1 is 1.62 bits per heavy atom. The molecule has 116 valence electrons. The number of hydrogen-bond donors (Lipinski definition) is 2. The van der Waals surface area contributed by atoms with E-state index in [1.165, 1.54) is 4.90 Å². The molecule has 2 heterocycles. The van der Waals surface area contributed by atoms with Gasteiger partial charge in [0.2, 0.25) is 5.28 Å². The first-order chi connectivity index (χ1) is 10.0. The molecule has 0 radical (unpaired) electrons. The summed E-state index contributed by atoms with van der Waals surface area (Å²) in [4.78, 5) is 21.5. The SMILES string of the molecule is CCCc1cc(C(C)N(C(=O)O)C2CCNC2)nc(Cl)n1. The molecule has 21 heavy (non-hydrogen) atoms. The first-order valence-electron chi connectivity index (χ1n) is 7.28. The molecule has 1 aliphatic rings. The minimum Gasteiger partial charge on any atom is -0.465 e. The maximum absolute atomic E-state index is 11.6. The summed E-state index contributed by atoms with van der Waals surface area (Å²) in [6.07, 6.45) is 1.65. The van der Waals surface area contributed by atoms with Crippen LogP contribution >= 0.6 is 11.6 Å². The molecule has 2 rings (SSSR count). The second kappa shape index (κ2) is 7.04. The van der Waals surface area contributed by atoms with Crippen LogP contribution in [-0.2, 0) is 6.42 Å². The van der Waals surface area contributed by atoms with Crippen LogP contribution in [-0.4, -0.2) is 45.2 Å². The summed E-state index contributed by atoms with van der Waals surface area (Å²) in [5, 5.41) is 12.9. The van der Waals surface area contributed by atoms with Gasteiger partial charge in [-0.15, -0.1) is 0 Å². The lowest BCUT2D eigenvalue weighted by atomic mass is 10.1. The second-order valence-corrected chi connectivity index (χ2v) is 5.65. The predicted molar refractivity (Wildman–Crippen MR) is 80.6 cm³/mol. The summed E-state index contributed by atoms with van der Waals surface area (Å²) in [6.45, 7) is 5.43. The van der Waals surface area contributed by atoms with Gasteiger partial charge in [0.15, 0.2) is 0 Å². The number of nitrogens with one attached hydrogen (secondary N) is 1. The quantitative estimate of drug-likeness (QED) is 0.817. The third kappa shape index (κ3) is 3.83. The Bertz CT molecular complexity index is 506. The molecule has 0 aromatic carbocycles. The van der Waals surface area contributed by atoms with E-state index in [0.717, 1.165) is 31.5 Å². The summed E-state index contributed by atoms with van der Waals surface area (Å²) < 4.78 is 0. The molecule has 1 aromatic rings. The van der Waals surface area contributed by atoms with Crippen LogP contribution in [0.2, 0.25) is 5.28 Å². The van der Waals surface area contributed by atoms with Crippen LogP contribution < -0.4 is 5.32 Å². The van der Waals surface area contributed by atoms with Gasteiger partial charge in [-0.05, 0) is 44.0 Å². The number of aromatic nitrogens is 2. The van der Waals surface area contributed by atoms with Gasteiger partial charge in [-0.2, -0.15) is 0 Å². The van der Waals surface area contributed by atoms with Gasteiger partial charge >= 0.3 is 6.09 Å². The summed E-state index contributed by atoms with van der Waals surface area (Å²) in [5.41, 5.74) is 1.52. The molecule has 0 saturated carbocycles. The van der Waals surface area contributed by atoms with E-state index in [1.54, 1.807) is 0 Å². The lowest BCUT2D eigenvalue weighted by molar-refractivity contribution is 0.106. The van der Waals surface area contributed by atoms with Gasteiger partial charge in [0.05, 0.1) is 11.7 Å². The third-order valence-corrected chi connectivity index (χ3v) is 3.94. The molecule has 2 atom stereocenters. The molecule has 1 aromatic heterocycles. The topological polar surface area (TPSA) is 78.4 Å². The molecule has 1 fully saturated rings. The Labute approximate surface area is 129 Å². The minimum absolute atomic E-state index is 0.0270. The molecule has 0 bridgehead atoms. The number of halogens is 1. The Morgan fingerprint density at radius 2 is 2.38 bits per heavy atom. The average molecular weight is 313 g/mol. The van der Waals surface area contributed by atoms with Crippen LogP contribution in [0.1, 0.15) is 44.1 Å². The number of hydrogen-bond acceptors (Lipinski definition) is 4. The number of nitrogens with zero attached hydrogens (tertiary/aromatic N) is 3. The molecule has 6 nitrogen and oxygen atoms in total. The molecule has 1 amide bonds. The number of aryl methyl sites for hydroxylation is 1. The van der Waals surface area contributed by atoms with Gasteiger partial charge in [0.25, 0.3) is 0 Å². The molecule has 0 aliphatic carbocycles. The highest BCUT2D eigenvalue weighted by Crippen LogP contribution is 2.25. The summed E-state index contributed by atoms with van der Waals surface area (Å²) >= 11 is 5.97. The van der Waals surface area contributed by atoms with E-state index in [9.17, 15) is 9.90 Å². The fourth-order valence-corrected chi connectivity index (χ4v) is 2.95. The molecule has 7 heteroatoms. The molecule has 2 unspecified atom stereocenters. The Kier molecular flexibility index (Phi) is 5.36. The number of amides is 1. The van der Waals surface area contributed by atoms with Gasteiger partial charge in [-0.3, -0.25) is 4.90 Å². The van der Waals surface area contributed by atoms with Crippen molar-refractivity contribution in [1.82, 2.24) is 20.2 Å². The Morgan fingerprint density at radius 3 is 2.95 bits per heavy atom. The Balaban J connectivity index is 2.27. The smallest absolute Gasteiger partial charge is 0.408 e. The van der Waals surface area contributed by atoms with Crippen molar-refractivity contribution < 1.29 is 9.90 Å². The molecule has 1 saturated heterocycles. The highest BCUT2D eigenvalue weighted by atomic mass is 35.5. The van der Waals surface area contributed by atoms with Crippen LogP contribution in [0.15, 0.2) is 6.07 Å². The average Bonchev–Trinajstić information content (AvgIpc) is 2.91. The van der Waals surface area contributed by atoms with Crippen molar-refractivity contribution in [2.45, 2.75) is 45.2 Å². The number of rotatable bonds is 5. The van der Waals surface area contributed by atoms with Crippen molar-refractivity contribution in [3.05, 3.63) is 22.7 Å². The summed E-state index contributed by atoms with van der Waals surface area (Å²) in [6, 6.07) is 1.49. The monoisotopic (exact) mass is 312 g/mol. The van der Waals surface area contributed by atoms with Crippen molar-refractivity contribution in [3.8, 4) is 0 Å². The molecule has 0 spiro atoms. The highest BCUT2D eigenvalue weighted by molar-refractivity contribution is 6.28. The highest BCUT2D eigenvalue weighted by Gasteiger charge is 2.32. The van der Waals surface area contributed by atoms with Gasteiger partial charge in [-0.1, -0.05) is 13.3 Å². The minimum atomic E-state index is -0.928. The van der Waals surface area contributed by atoms with Gasteiger partial charge in [0.1, 0.15) is 0 Å². The standard InChI is InChI=1S/C14H21ClN4O2/c1-3-4-10-7-12(18-13(15)17-10)9(2)19(14(20)21)11-5-6-16-8-11/h7,9,11,16H,3-6,8H2,1-2H3,(H,20,21). The summed E-state index contributed by atoms with van der Waals surface area (Å²) in [5.74, 6) is 0. The first kappa shape index (κ1) is 16.0. The van der Waals surface area contributed by atoms with E-state index < -0.39 is 6.09 Å². The predicted octanol–water partition coefficient (Wildman–Crippen LogP) is 2.49. The van der Waals surface area contributed by atoms with Crippen molar-refractivity contribution in [3.63, 3.8) is 0 Å². The maximum atomic E-state index is 11.6. The fraction of sp³-hybridized carbons (Fsp3) is 0.643. The van der Waals surface area contributed by atoms with E-state index in [2.05, 4.69) is 22.2 Å². The summed E-state index contributed by atoms with van der Waals surface area (Å²) in [7, 11) is 0. The zero-order chi connectivity index (χ0) is 15.4.